The van der Waals surface area contributed by atoms with E-state index in [1.165, 1.54) is 0 Å². The number of rotatable bonds is 5. The Hall–Kier alpha value is -2.00. The number of carbonyl (C=O) groups is 1. The van der Waals surface area contributed by atoms with Crippen LogP contribution in [0.2, 0.25) is 5.02 Å². The van der Waals surface area contributed by atoms with Gasteiger partial charge in [0.1, 0.15) is 5.75 Å². The second-order valence-corrected chi connectivity index (χ2v) is 4.75. The third-order valence-corrected chi connectivity index (χ3v) is 2.92. The van der Waals surface area contributed by atoms with Crippen LogP contribution >= 0.6 is 11.6 Å². The molecule has 1 N–H and O–H groups in total. The summed E-state index contributed by atoms with van der Waals surface area (Å²) in [5.74, 6) is 0.661. The predicted octanol–water partition coefficient (Wildman–Crippen LogP) is 3.92. The van der Waals surface area contributed by atoms with Gasteiger partial charge < -0.3 is 10.1 Å². The van der Waals surface area contributed by atoms with E-state index in [2.05, 4.69) is 5.32 Å². The highest BCUT2D eigenvalue weighted by Crippen LogP contribution is 2.18. The van der Waals surface area contributed by atoms with Crippen LogP contribution in [-0.4, -0.2) is 12.5 Å². The Balaban J connectivity index is 1.99. The second-order valence-electron chi connectivity index (χ2n) is 4.32. The zero-order chi connectivity index (χ0) is 14.4. The molecule has 3 nitrogen and oxygen atoms in total. The molecule has 0 aliphatic carbocycles. The van der Waals surface area contributed by atoms with Crippen molar-refractivity contribution in [3.8, 4) is 5.75 Å². The number of hydrogen-bond donors (Lipinski definition) is 1. The predicted molar refractivity (Wildman–Crippen MR) is 81.4 cm³/mol. The molecule has 0 unspecified atom stereocenters. The quantitative estimate of drug-likeness (QED) is 0.906. The molecule has 0 radical (unpaired) electrons. The van der Waals surface area contributed by atoms with E-state index < -0.39 is 0 Å². The highest BCUT2D eigenvalue weighted by atomic mass is 35.5. The fourth-order valence-electron chi connectivity index (χ4n) is 1.87. The molecular formula is C16H16ClNO2. The Morgan fingerprint density at radius 3 is 2.75 bits per heavy atom. The van der Waals surface area contributed by atoms with Crippen LogP contribution in [0.5, 0.6) is 5.75 Å². The molecule has 0 aromatic heterocycles. The van der Waals surface area contributed by atoms with E-state index in [0.717, 1.165) is 17.0 Å². The van der Waals surface area contributed by atoms with Crippen LogP contribution in [-0.2, 0) is 11.2 Å². The van der Waals surface area contributed by atoms with E-state index in [1.54, 1.807) is 18.2 Å². The minimum atomic E-state index is -0.0825. The van der Waals surface area contributed by atoms with Crippen molar-refractivity contribution >= 4 is 23.2 Å². The largest absolute Gasteiger partial charge is 0.494 e. The Morgan fingerprint density at radius 1 is 1.20 bits per heavy atom. The molecule has 0 aliphatic heterocycles. The van der Waals surface area contributed by atoms with Gasteiger partial charge in [-0.15, -0.1) is 0 Å². The maximum atomic E-state index is 12.0. The summed E-state index contributed by atoms with van der Waals surface area (Å²) in [5.41, 5.74) is 1.61. The third-order valence-electron chi connectivity index (χ3n) is 2.68. The second kappa shape index (κ2) is 6.96. The molecule has 0 atom stereocenters. The molecular weight excluding hydrogens is 274 g/mol. The van der Waals surface area contributed by atoms with Crippen molar-refractivity contribution < 1.29 is 9.53 Å². The van der Waals surface area contributed by atoms with Gasteiger partial charge in [-0.2, -0.15) is 0 Å². The number of carbonyl (C=O) groups excluding carboxylic acids is 1. The average Bonchev–Trinajstić information content (AvgIpc) is 2.39. The molecule has 104 valence electrons. The molecule has 0 bridgehead atoms. The van der Waals surface area contributed by atoms with Crippen LogP contribution in [0.15, 0.2) is 48.5 Å². The van der Waals surface area contributed by atoms with Crippen LogP contribution in [0.1, 0.15) is 12.5 Å². The van der Waals surface area contributed by atoms with E-state index in [4.69, 9.17) is 16.3 Å². The van der Waals surface area contributed by atoms with Crippen LogP contribution < -0.4 is 10.1 Å². The first-order chi connectivity index (χ1) is 9.67. The molecule has 0 spiro atoms. The first-order valence-electron chi connectivity index (χ1n) is 6.44. The van der Waals surface area contributed by atoms with Gasteiger partial charge in [0.25, 0.3) is 0 Å². The normalized spacial score (nSPS) is 10.1. The minimum Gasteiger partial charge on any atom is -0.494 e. The van der Waals surface area contributed by atoms with Gasteiger partial charge in [0.15, 0.2) is 0 Å². The van der Waals surface area contributed by atoms with E-state index in [9.17, 15) is 4.79 Å². The van der Waals surface area contributed by atoms with Crippen molar-refractivity contribution in [3.63, 3.8) is 0 Å². The van der Waals surface area contributed by atoms with Gasteiger partial charge in [0, 0.05) is 16.8 Å². The van der Waals surface area contributed by atoms with Crippen molar-refractivity contribution in [1.82, 2.24) is 0 Å². The molecule has 0 fully saturated rings. The van der Waals surface area contributed by atoms with Gasteiger partial charge in [-0.3, -0.25) is 4.79 Å². The van der Waals surface area contributed by atoms with Crippen molar-refractivity contribution in [2.45, 2.75) is 13.3 Å². The van der Waals surface area contributed by atoms with E-state index in [1.807, 2.05) is 37.3 Å². The van der Waals surface area contributed by atoms with Crippen molar-refractivity contribution in [1.29, 1.82) is 0 Å². The molecule has 0 saturated heterocycles. The van der Waals surface area contributed by atoms with E-state index >= 15 is 0 Å². The highest BCUT2D eigenvalue weighted by molar-refractivity contribution is 6.30. The molecule has 4 heteroatoms. The maximum Gasteiger partial charge on any atom is 0.228 e. The molecule has 0 saturated carbocycles. The third kappa shape index (κ3) is 4.28. The average molecular weight is 290 g/mol. The lowest BCUT2D eigenvalue weighted by atomic mass is 10.1. The maximum absolute atomic E-state index is 12.0. The zero-order valence-corrected chi connectivity index (χ0v) is 12.0. The van der Waals surface area contributed by atoms with E-state index in [-0.39, 0.29) is 5.91 Å². The summed E-state index contributed by atoms with van der Waals surface area (Å²) in [6.45, 7) is 2.52. The number of nitrogens with one attached hydrogen (secondary N) is 1. The first kappa shape index (κ1) is 14.4. The fraction of sp³-hybridized carbons (Fsp3) is 0.188. The Labute approximate surface area is 123 Å². The number of hydrogen-bond acceptors (Lipinski definition) is 2. The molecule has 0 heterocycles. The SMILES string of the molecule is CCOc1cccc(NC(=O)Cc2cccc(Cl)c2)c1. The summed E-state index contributed by atoms with van der Waals surface area (Å²) in [7, 11) is 0. The van der Waals surface area contributed by atoms with Crippen LogP contribution in [0.3, 0.4) is 0 Å². The van der Waals surface area contributed by atoms with Crippen LogP contribution in [0, 0.1) is 0 Å². The molecule has 2 rings (SSSR count). The molecule has 1 amide bonds. The smallest absolute Gasteiger partial charge is 0.228 e. The van der Waals surface area contributed by atoms with E-state index in [0.29, 0.717) is 18.1 Å². The Kier molecular flexibility index (Phi) is 5.02. The van der Waals surface area contributed by atoms with Gasteiger partial charge in [-0.1, -0.05) is 29.8 Å². The zero-order valence-electron chi connectivity index (χ0n) is 11.2. The Morgan fingerprint density at radius 2 is 2.00 bits per heavy atom. The monoisotopic (exact) mass is 289 g/mol. The molecule has 20 heavy (non-hydrogen) atoms. The van der Waals surface area contributed by atoms with Gasteiger partial charge >= 0.3 is 0 Å². The standard InChI is InChI=1S/C16H16ClNO2/c1-2-20-15-8-4-7-14(11-15)18-16(19)10-12-5-3-6-13(17)9-12/h3-9,11H,2,10H2,1H3,(H,18,19). The van der Waals surface area contributed by atoms with Gasteiger partial charge in [-0.25, -0.2) is 0 Å². The summed E-state index contributed by atoms with van der Waals surface area (Å²) in [6, 6.07) is 14.6. The van der Waals surface area contributed by atoms with Gasteiger partial charge in [0.05, 0.1) is 13.0 Å². The lowest BCUT2D eigenvalue weighted by Crippen LogP contribution is -2.14. The van der Waals surface area contributed by atoms with Crippen molar-refractivity contribution in [3.05, 3.63) is 59.1 Å². The fourth-order valence-corrected chi connectivity index (χ4v) is 2.08. The van der Waals surface area contributed by atoms with Crippen LogP contribution in [0.4, 0.5) is 5.69 Å². The topological polar surface area (TPSA) is 38.3 Å². The van der Waals surface area contributed by atoms with Crippen molar-refractivity contribution in [2.24, 2.45) is 0 Å². The summed E-state index contributed by atoms with van der Waals surface area (Å²) in [4.78, 5) is 12.0. The summed E-state index contributed by atoms with van der Waals surface area (Å²) >= 11 is 5.90. The number of amides is 1. The highest BCUT2D eigenvalue weighted by Gasteiger charge is 2.05. The van der Waals surface area contributed by atoms with Gasteiger partial charge in [-0.05, 0) is 36.8 Å². The minimum absolute atomic E-state index is 0.0825. The molecule has 0 aliphatic rings. The number of anilines is 1. The molecule has 2 aromatic rings. The lowest BCUT2D eigenvalue weighted by molar-refractivity contribution is -0.115. The molecule has 2 aromatic carbocycles. The lowest BCUT2D eigenvalue weighted by Gasteiger charge is -2.08. The van der Waals surface area contributed by atoms with Crippen LogP contribution in [0.25, 0.3) is 0 Å². The summed E-state index contributed by atoms with van der Waals surface area (Å²) in [6.07, 6.45) is 0.291. The Bertz CT molecular complexity index is 599. The summed E-state index contributed by atoms with van der Waals surface area (Å²) < 4.78 is 5.39. The number of halogens is 1. The van der Waals surface area contributed by atoms with Gasteiger partial charge in [0.2, 0.25) is 5.91 Å². The number of benzene rings is 2. The van der Waals surface area contributed by atoms with Crippen molar-refractivity contribution in [2.75, 3.05) is 11.9 Å². The first-order valence-corrected chi connectivity index (χ1v) is 6.82. The number of ether oxygens (including phenoxy) is 1. The summed E-state index contributed by atoms with van der Waals surface area (Å²) in [5, 5.41) is 3.48.